The molecule has 1 N–H and O–H groups in total. The van der Waals surface area contributed by atoms with Gasteiger partial charge in [-0.1, -0.05) is 19.0 Å². The molecule has 0 radical (unpaired) electrons. The zero-order valence-electron chi connectivity index (χ0n) is 12.6. The van der Waals surface area contributed by atoms with E-state index in [2.05, 4.69) is 15.5 Å². The molecule has 2 aromatic heterocycles. The lowest BCUT2D eigenvalue weighted by molar-refractivity contribution is 0.0737. The Balaban J connectivity index is 2.11. The summed E-state index contributed by atoms with van der Waals surface area (Å²) in [7, 11) is 0. The molecule has 0 aliphatic carbocycles. The number of nitrogens with zero attached hydrogens (tertiary/aromatic N) is 3. The molecule has 112 valence electrons. The number of piperazine rings is 1. The highest BCUT2D eigenvalue weighted by Gasteiger charge is 2.25. The average Bonchev–Trinajstić information content (AvgIpc) is 2.90. The summed E-state index contributed by atoms with van der Waals surface area (Å²) in [5, 5.41) is 8.12. The maximum Gasteiger partial charge on any atom is 0.259 e. The summed E-state index contributed by atoms with van der Waals surface area (Å²) in [5.74, 6) is 0.224. The topological polar surface area (TPSA) is 71.3 Å². The van der Waals surface area contributed by atoms with Gasteiger partial charge in [0.05, 0.1) is 16.6 Å². The number of hydrogen-bond donors (Lipinski definition) is 1. The van der Waals surface area contributed by atoms with Crippen molar-refractivity contribution >= 4 is 17.0 Å². The Kier molecular flexibility index (Phi) is 3.63. The zero-order valence-corrected chi connectivity index (χ0v) is 12.6. The molecule has 0 saturated carbocycles. The molecule has 3 heterocycles. The Morgan fingerprint density at radius 1 is 1.38 bits per heavy atom. The number of hydrogen-bond acceptors (Lipinski definition) is 5. The van der Waals surface area contributed by atoms with Gasteiger partial charge in [0.15, 0.2) is 0 Å². The van der Waals surface area contributed by atoms with Crippen LogP contribution in [0, 0.1) is 6.92 Å². The Morgan fingerprint density at radius 3 is 2.76 bits per heavy atom. The van der Waals surface area contributed by atoms with E-state index in [1.165, 1.54) is 0 Å². The van der Waals surface area contributed by atoms with E-state index in [4.69, 9.17) is 4.52 Å². The fourth-order valence-corrected chi connectivity index (χ4v) is 2.70. The summed E-state index contributed by atoms with van der Waals surface area (Å²) in [6, 6.07) is 1.84. The molecule has 21 heavy (non-hydrogen) atoms. The van der Waals surface area contributed by atoms with Gasteiger partial charge in [-0.2, -0.15) is 0 Å². The van der Waals surface area contributed by atoms with Gasteiger partial charge >= 0.3 is 0 Å². The van der Waals surface area contributed by atoms with Crippen molar-refractivity contribution in [1.29, 1.82) is 0 Å². The van der Waals surface area contributed by atoms with Crippen LogP contribution in [-0.4, -0.2) is 47.1 Å². The van der Waals surface area contributed by atoms with Crippen molar-refractivity contribution in [1.82, 2.24) is 20.4 Å². The molecule has 2 aromatic rings. The van der Waals surface area contributed by atoms with Gasteiger partial charge in [0.2, 0.25) is 0 Å². The number of rotatable bonds is 2. The van der Waals surface area contributed by atoms with Gasteiger partial charge in [-0.15, -0.1) is 0 Å². The minimum atomic E-state index is 0.0390. The van der Waals surface area contributed by atoms with Crippen LogP contribution in [0.5, 0.6) is 0 Å². The highest BCUT2D eigenvalue weighted by molar-refractivity contribution is 6.06. The van der Waals surface area contributed by atoms with E-state index in [0.29, 0.717) is 11.3 Å². The normalized spacial score (nSPS) is 15.9. The van der Waals surface area contributed by atoms with E-state index in [-0.39, 0.29) is 11.8 Å². The molecule has 1 aliphatic rings. The smallest absolute Gasteiger partial charge is 0.259 e. The summed E-state index contributed by atoms with van der Waals surface area (Å²) in [4.78, 5) is 19.1. The van der Waals surface area contributed by atoms with Crippen LogP contribution in [0.15, 0.2) is 10.6 Å². The summed E-state index contributed by atoms with van der Waals surface area (Å²) in [5.41, 5.74) is 2.69. The number of pyridine rings is 1. The number of carbonyl (C=O) groups is 1. The summed E-state index contributed by atoms with van der Waals surface area (Å²) in [6.45, 7) is 9.06. The molecule has 0 spiro atoms. The minimum Gasteiger partial charge on any atom is -0.336 e. The lowest BCUT2D eigenvalue weighted by Gasteiger charge is -2.27. The van der Waals surface area contributed by atoms with Crippen molar-refractivity contribution in [3.8, 4) is 0 Å². The molecule has 0 atom stereocenters. The first kappa shape index (κ1) is 14.0. The quantitative estimate of drug-likeness (QED) is 0.910. The van der Waals surface area contributed by atoms with E-state index >= 15 is 0 Å². The van der Waals surface area contributed by atoms with Crippen molar-refractivity contribution in [2.75, 3.05) is 26.2 Å². The monoisotopic (exact) mass is 288 g/mol. The first-order valence-corrected chi connectivity index (χ1v) is 7.35. The summed E-state index contributed by atoms with van der Waals surface area (Å²) >= 11 is 0. The number of carbonyl (C=O) groups excluding carboxylic acids is 1. The SMILES string of the molecule is Cc1cc(C(=O)N2CCNCC2)c2c(C(C)C)noc2n1. The van der Waals surface area contributed by atoms with Crippen LogP contribution in [0.1, 0.15) is 41.5 Å². The van der Waals surface area contributed by atoms with E-state index in [1.54, 1.807) is 0 Å². The van der Waals surface area contributed by atoms with Crippen molar-refractivity contribution in [2.45, 2.75) is 26.7 Å². The number of aromatic nitrogens is 2. The van der Waals surface area contributed by atoms with Crippen molar-refractivity contribution in [3.05, 3.63) is 23.0 Å². The summed E-state index contributed by atoms with van der Waals surface area (Å²) in [6.07, 6.45) is 0. The van der Waals surface area contributed by atoms with Crippen LogP contribution < -0.4 is 5.32 Å². The first-order chi connectivity index (χ1) is 10.1. The number of amides is 1. The number of nitrogens with one attached hydrogen (secondary N) is 1. The standard InChI is InChI=1S/C15H20N4O2/c1-9(2)13-12-11(8-10(3)17-14(12)21-18-13)15(20)19-6-4-16-5-7-19/h8-9,16H,4-7H2,1-3H3. The molecule has 1 aliphatic heterocycles. The van der Waals surface area contributed by atoms with Crippen LogP contribution in [0.2, 0.25) is 0 Å². The molecular formula is C15H20N4O2. The maximum absolute atomic E-state index is 12.8. The molecule has 6 nitrogen and oxygen atoms in total. The van der Waals surface area contributed by atoms with Crippen LogP contribution in [0.4, 0.5) is 0 Å². The van der Waals surface area contributed by atoms with Gasteiger partial charge in [0.25, 0.3) is 11.6 Å². The Bertz CT molecular complexity index is 672. The Labute approximate surface area is 123 Å². The Morgan fingerprint density at radius 2 is 2.10 bits per heavy atom. The van der Waals surface area contributed by atoms with Crippen LogP contribution in [-0.2, 0) is 0 Å². The molecule has 6 heteroatoms. The lowest BCUT2D eigenvalue weighted by Crippen LogP contribution is -2.46. The third-order valence-corrected chi connectivity index (χ3v) is 3.78. The Hall–Kier alpha value is -1.95. The molecule has 1 fully saturated rings. The summed E-state index contributed by atoms with van der Waals surface area (Å²) < 4.78 is 5.33. The predicted octanol–water partition coefficient (Wildman–Crippen LogP) is 1.70. The third-order valence-electron chi connectivity index (χ3n) is 3.78. The second-order valence-corrected chi connectivity index (χ2v) is 5.76. The predicted molar refractivity (Wildman–Crippen MR) is 79.4 cm³/mol. The number of aryl methyl sites for hydroxylation is 1. The highest BCUT2D eigenvalue weighted by atomic mass is 16.5. The molecule has 0 bridgehead atoms. The van der Waals surface area contributed by atoms with Gasteiger partial charge < -0.3 is 14.7 Å². The maximum atomic E-state index is 12.8. The van der Waals surface area contributed by atoms with Gasteiger partial charge in [-0.3, -0.25) is 4.79 Å². The zero-order chi connectivity index (χ0) is 15.0. The van der Waals surface area contributed by atoms with Gasteiger partial charge in [0.1, 0.15) is 0 Å². The van der Waals surface area contributed by atoms with Crippen molar-refractivity contribution in [2.24, 2.45) is 0 Å². The van der Waals surface area contributed by atoms with E-state index < -0.39 is 0 Å². The molecule has 0 aromatic carbocycles. The van der Waals surface area contributed by atoms with Crippen molar-refractivity contribution in [3.63, 3.8) is 0 Å². The lowest BCUT2D eigenvalue weighted by atomic mass is 10.0. The second kappa shape index (κ2) is 5.44. The van der Waals surface area contributed by atoms with Gasteiger partial charge in [-0.25, -0.2) is 4.98 Å². The van der Waals surface area contributed by atoms with Crippen LogP contribution >= 0.6 is 0 Å². The van der Waals surface area contributed by atoms with Crippen LogP contribution in [0.3, 0.4) is 0 Å². The molecule has 1 saturated heterocycles. The fourth-order valence-electron chi connectivity index (χ4n) is 2.70. The molecule has 0 unspecified atom stereocenters. The second-order valence-electron chi connectivity index (χ2n) is 5.76. The average molecular weight is 288 g/mol. The minimum absolute atomic E-state index is 0.0390. The third kappa shape index (κ3) is 2.51. The van der Waals surface area contributed by atoms with E-state index in [9.17, 15) is 4.79 Å². The van der Waals surface area contributed by atoms with E-state index in [0.717, 1.165) is 43.0 Å². The van der Waals surface area contributed by atoms with E-state index in [1.807, 2.05) is 31.7 Å². The first-order valence-electron chi connectivity index (χ1n) is 7.35. The molecule has 1 amide bonds. The van der Waals surface area contributed by atoms with Gasteiger partial charge in [-0.05, 0) is 18.9 Å². The highest BCUT2D eigenvalue weighted by Crippen LogP contribution is 2.28. The molecular weight excluding hydrogens is 268 g/mol. The van der Waals surface area contributed by atoms with Gasteiger partial charge in [0, 0.05) is 31.9 Å². The van der Waals surface area contributed by atoms with Crippen LogP contribution in [0.25, 0.3) is 11.1 Å². The largest absolute Gasteiger partial charge is 0.336 e. The van der Waals surface area contributed by atoms with Crippen molar-refractivity contribution < 1.29 is 9.32 Å². The molecule has 3 rings (SSSR count). The number of fused-ring (bicyclic) bond motifs is 1. The fraction of sp³-hybridized carbons (Fsp3) is 0.533.